The number of rotatable bonds is 5. The minimum atomic E-state index is -3.00. The molecule has 0 spiro atoms. The molecule has 5 N–H and O–H groups in total. The van der Waals surface area contributed by atoms with Crippen LogP contribution in [0.2, 0.25) is 0 Å². The van der Waals surface area contributed by atoms with Crippen LogP contribution in [0, 0.1) is 17.1 Å². The van der Waals surface area contributed by atoms with E-state index >= 15 is 0 Å². The molecule has 0 atom stereocenters. The monoisotopic (exact) mass is 471 g/mol. The van der Waals surface area contributed by atoms with E-state index in [0.717, 1.165) is 32.1 Å². The standard InChI is InChI=1S/C22H26FN7O2S/c23-17-11-16(7-8-18(17)30-9-3-4-10-33(30,31)32)27-22-28-20-19(14(12-24)13-25-20)21(29-22)26-15-5-1-2-6-15/h7-8,11,13,15,31-32H,1-6,9-10H2,(H3,25,26,27,28,29). The molecule has 3 heterocycles. The van der Waals surface area contributed by atoms with Crippen molar-refractivity contribution in [3.63, 3.8) is 0 Å². The van der Waals surface area contributed by atoms with Gasteiger partial charge in [0.25, 0.3) is 0 Å². The predicted molar refractivity (Wildman–Crippen MR) is 128 cm³/mol. The number of aromatic nitrogens is 3. The fraction of sp³-hybridized carbons (Fsp3) is 0.409. The van der Waals surface area contributed by atoms with Gasteiger partial charge in [0.1, 0.15) is 23.4 Å². The van der Waals surface area contributed by atoms with Crippen molar-refractivity contribution in [3.8, 4) is 6.07 Å². The summed E-state index contributed by atoms with van der Waals surface area (Å²) in [4.78, 5) is 12.1. The highest BCUT2D eigenvalue weighted by atomic mass is 32.3. The summed E-state index contributed by atoms with van der Waals surface area (Å²) in [5, 5.41) is 16.6. The number of nitrogens with zero attached hydrogens (tertiary/aromatic N) is 4. The lowest BCUT2D eigenvalue weighted by Gasteiger charge is -2.47. The summed E-state index contributed by atoms with van der Waals surface area (Å²) in [6.07, 6.45) is 7.50. The van der Waals surface area contributed by atoms with Gasteiger partial charge < -0.3 is 15.6 Å². The van der Waals surface area contributed by atoms with E-state index in [0.29, 0.717) is 47.1 Å². The summed E-state index contributed by atoms with van der Waals surface area (Å²) in [5.74, 6) is 0.534. The third-order valence-corrected chi connectivity index (χ3v) is 8.12. The summed E-state index contributed by atoms with van der Waals surface area (Å²) < 4.78 is 36.9. The van der Waals surface area contributed by atoms with Gasteiger partial charge in [-0.1, -0.05) is 12.8 Å². The molecule has 0 amide bonds. The van der Waals surface area contributed by atoms with Gasteiger partial charge in [-0.25, -0.2) is 4.39 Å². The van der Waals surface area contributed by atoms with Crippen molar-refractivity contribution in [1.29, 1.82) is 5.26 Å². The summed E-state index contributed by atoms with van der Waals surface area (Å²) in [5.41, 5.74) is 1.59. The smallest absolute Gasteiger partial charge is 0.231 e. The van der Waals surface area contributed by atoms with Crippen LogP contribution in [-0.4, -0.2) is 42.4 Å². The second kappa shape index (κ2) is 8.70. The molecule has 11 heteroatoms. The second-order valence-corrected chi connectivity index (χ2v) is 10.6. The van der Waals surface area contributed by atoms with Crippen molar-refractivity contribution >= 4 is 45.0 Å². The van der Waals surface area contributed by atoms with Crippen LogP contribution in [0.3, 0.4) is 0 Å². The van der Waals surface area contributed by atoms with Crippen LogP contribution in [0.1, 0.15) is 44.1 Å². The highest BCUT2D eigenvalue weighted by molar-refractivity contribution is 8.25. The first kappa shape index (κ1) is 21.8. The van der Waals surface area contributed by atoms with Crippen LogP contribution in [0.4, 0.5) is 27.5 Å². The largest absolute Gasteiger partial charge is 0.367 e. The molecule has 1 saturated heterocycles. The lowest BCUT2D eigenvalue weighted by atomic mass is 10.2. The number of halogens is 1. The van der Waals surface area contributed by atoms with Gasteiger partial charge >= 0.3 is 0 Å². The summed E-state index contributed by atoms with van der Waals surface area (Å²) in [7, 11) is -3.00. The average molecular weight is 472 g/mol. The molecule has 1 saturated carbocycles. The molecular weight excluding hydrogens is 445 g/mol. The number of benzene rings is 1. The van der Waals surface area contributed by atoms with Gasteiger partial charge in [-0.15, -0.1) is 10.8 Å². The zero-order valence-electron chi connectivity index (χ0n) is 18.0. The highest BCUT2D eigenvalue weighted by Gasteiger charge is 2.29. The number of H-pyrrole nitrogens is 1. The van der Waals surface area contributed by atoms with Gasteiger partial charge in [-0.05, 0) is 43.9 Å². The van der Waals surface area contributed by atoms with E-state index in [1.165, 1.54) is 16.4 Å². The molecule has 2 fully saturated rings. The molecule has 1 aromatic carbocycles. The van der Waals surface area contributed by atoms with Gasteiger partial charge in [-0.3, -0.25) is 13.4 Å². The normalized spacial score (nSPS) is 19.4. The molecule has 2 aliphatic rings. The third-order valence-electron chi connectivity index (χ3n) is 6.20. The molecule has 0 unspecified atom stereocenters. The van der Waals surface area contributed by atoms with Gasteiger partial charge in [0.15, 0.2) is 0 Å². The molecule has 2 aromatic heterocycles. The fourth-order valence-electron chi connectivity index (χ4n) is 4.55. The molecule has 3 aromatic rings. The lowest BCUT2D eigenvalue weighted by molar-refractivity contribution is 0.465. The SMILES string of the molecule is N#Cc1c[nH]c2nc(Nc3ccc(N4CCCCS4(O)O)c(F)c3)nc(NC3CCCC3)c12. The number of hydrogen-bond acceptors (Lipinski definition) is 8. The maximum atomic E-state index is 14.9. The maximum absolute atomic E-state index is 14.9. The zero-order chi connectivity index (χ0) is 23.0. The van der Waals surface area contributed by atoms with E-state index in [1.54, 1.807) is 12.3 Å². The van der Waals surface area contributed by atoms with E-state index in [-0.39, 0.29) is 17.4 Å². The van der Waals surface area contributed by atoms with Crippen molar-refractivity contribution in [2.24, 2.45) is 0 Å². The summed E-state index contributed by atoms with van der Waals surface area (Å²) in [6.45, 7) is 0.399. The Labute approximate surface area is 192 Å². The Balaban J connectivity index is 1.44. The van der Waals surface area contributed by atoms with E-state index in [4.69, 9.17) is 0 Å². The molecule has 0 bridgehead atoms. The second-order valence-electron chi connectivity index (χ2n) is 8.50. The maximum Gasteiger partial charge on any atom is 0.231 e. The Morgan fingerprint density at radius 2 is 2.00 bits per heavy atom. The van der Waals surface area contributed by atoms with Crippen LogP contribution in [0.15, 0.2) is 24.4 Å². The predicted octanol–water partition coefficient (Wildman–Crippen LogP) is 5.33. The summed E-state index contributed by atoms with van der Waals surface area (Å²) in [6, 6.07) is 6.96. The first-order chi connectivity index (χ1) is 15.9. The third kappa shape index (κ3) is 4.29. The Bertz CT molecular complexity index is 1220. The minimum Gasteiger partial charge on any atom is -0.367 e. The van der Waals surface area contributed by atoms with E-state index in [2.05, 4.69) is 31.7 Å². The first-order valence-electron chi connectivity index (χ1n) is 11.1. The highest BCUT2D eigenvalue weighted by Crippen LogP contribution is 2.50. The van der Waals surface area contributed by atoms with Crippen LogP contribution in [-0.2, 0) is 0 Å². The van der Waals surface area contributed by atoms with Gasteiger partial charge in [-0.2, -0.15) is 15.2 Å². The molecule has 174 valence electrons. The number of nitriles is 1. The average Bonchev–Trinajstić information content (AvgIpc) is 3.44. The van der Waals surface area contributed by atoms with E-state index < -0.39 is 16.6 Å². The van der Waals surface area contributed by atoms with Crippen molar-refractivity contribution in [1.82, 2.24) is 15.0 Å². The van der Waals surface area contributed by atoms with Gasteiger partial charge in [0, 0.05) is 24.5 Å². The fourth-order valence-corrected chi connectivity index (χ4v) is 6.24. The number of fused-ring (bicyclic) bond motifs is 1. The molecule has 1 aliphatic heterocycles. The van der Waals surface area contributed by atoms with Crippen LogP contribution in [0.25, 0.3) is 11.0 Å². The van der Waals surface area contributed by atoms with E-state index in [9.17, 15) is 18.8 Å². The molecule has 1 aliphatic carbocycles. The van der Waals surface area contributed by atoms with Gasteiger partial charge in [0.2, 0.25) is 5.95 Å². The topological polar surface area (TPSA) is 133 Å². The number of anilines is 4. The van der Waals surface area contributed by atoms with Gasteiger partial charge in [0.05, 0.1) is 22.4 Å². The number of aromatic amines is 1. The summed E-state index contributed by atoms with van der Waals surface area (Å²) >= 11 is 0. The first-order valence-corrected chi connectivity index (χ1v) is 12.8. The van der Waals surface area contributed by atoms with Crippen LogP contribution in [0.5, 0.6) is 0 Å². The number of nitrogens with one attached hydrogen (secondary N) is 3. The molecule has 33 heavy (non-hydrogen) atoms. The quantitative estimate of drug-likeness (QED) is 0.337. The van der Waals surface area contributed by atoms with E-state index in [1.807, 2.05) is 0 Å². The van der Waals surface area contributed by atoms with Crippen LogP contribution >= 0.6 is 10.8 Å². The minimum absolute atomic E-state index is 0.170. The number of hydrogen-bond donors (Lipinski definition) is 5. The Kier molecular flexibility index (Phi) is 5.74. The van der Waals surface area contributed by atoms with Crippen molar-refractivity contribution in [3.05, 3.63) is 35.8 Å². The Morgan fingerprint density at radius 3 is 2.73 bits per heavy atom. The lowest BCUT2D eigenvalue weighted by Crippen LogP contribution is -2.34. The van der Waals surface area contributed by atoms with Crippen molar-refractivity contribution < 1.29 is 13.5 Å². The zero-order valence-corrected chi connectivity index (χ0v) is 18.8. The molecule has 5 rings (SSSR count). The van der Waals surface area contributed by atoms with Crippen LogP contribution < -0.4 is 14.9 Å². The Hall–Kier alpha value is -3.07. The molecule has 9 nitrogen and oxygen atoms in total. The molecular formula is C22H26FN7O2S. The van der Waals surface area contributed by atoms with Crippen molar-refractivity contribution in [2.45, 2.75) is 44.6 Å². The van der Waals surface area contributed by atoms with Crippen molar-refractivity contribution in [2.75, 3.05) is 27.2 Å². The molecule has 0 radical (unpaired) electrons. The Morgan fingerprint density at radius 1 is 1.18 bits per heavy atom.